The number of nitrogens with one attached hydrogen (secondary N) is 1. The van der Waals surface area contributed by atoms with Gasteiger partial charge in [-0.15, -0.1) is 16.4 Å². The third kappa shape index (κ3) is 3.08. The zero-order chi connectivity index (χ0) is 18.2. The van der Waals surface area contributed by atoms with Crippen LogP contribution in [0, 0.1) is 6.92 Å². The average molecular weight is 374 g/mol. The monoisotopic (exact) mass is 374 g/mol. The van der Waals surface area contributed by atoms with E-state index in [1.165, 1.54) is 0 Å². The molecular formula is C18H14N8S. The van der Waals surface area contributed by atoms with Gasteiger partial charge < -0.3 is 5.32 Å². The molecule has 0 saturated heterocycles. The van der Waals surface area contributed by atoms with Crippen molar-refractivity contribution in [2.24, 2.45) is 0 Å². The fraction of sp³-hybridized carbons (Fsp3) is 0.111. The summed E-state index contributed by atoms with van der Waals surface area (Å²) in [5.41, 5.74) is 3.20. The predicted molar refractivity (Wildman–Crippen MR) is 104 cm³/mol. The molecule has 5 aromatic rings. The molecule has 0 aliphatic heterocycles. The molecule has 0 saturated carbocycles. The molecule has 0 fully saturated rings. The standard InChI is InChI=1S/C18H14N8S/c1-11-8-21-18(27-11)23-15-9-20-16-17(22-15)26(25-24-16)10-12-4-5-14-13(7-12)3-2-6-19-14/h2-9H,10H2,1H3,(H,21,22,23). The summed E-state index contributed by atoms with van der Waals surface area (Å²) in [6.45, 7) is 2.56. The van der Waals surface area contributed by atoms with Crippen molar-refractivity contribution < 1.29 is 0 Å². The van der Waals surface area contributed by atoms with Crippen LogP contribution in [0.4, 0.5) is 10.9 Å². The molecule has 1 aromatic carbocycles. The topological polar surface area (TPSA) is 94.3 Å². The van der Waals surface area contributed by atoms with E-state index in [1.807, 2.05) is 37.4 Å². The Kier molecular flexibility index (Phi) is 3.72. The van der Waals surface area contributed by atoms with Gasteiger partial charge in [0.15, 0.2) is 16.6 Å². The van der Waals surface area contributed by atoms with E-state index in [0.29, 0.717) is 23.7 Å². The van der Waals surface area contributed by atoms with Crippen LogP contribution in [0.25, 0.3) is 22.2 Å². The van der Waals surface area contributed by atoms with Crippen molar-refractivity contribution >= 4 is 44.5 Å². The third-order valence-electron chi connectivity index (χ3n) is 4.08. The van der Waals surface area contributed by atoms with Crippen molar-refractivity contribution in [3.05, 3.63) is 59.4 Å². The lowest BCUT2D eigenvalue weighted by Crippen LogP contribution is -2.04. The second kappa shape index (κ2) is 6.36. The Hall–Kier alpha value is -3.46. The van der Waals surface area contributed by atoms with Gasteiger partial charge in [-0.2, -0.15) is 0 Å². The van der Waals surface area contributed by atoms with Crippen molar-refractivity contribution in [2.45, 2.75) is 13.5 Å². The first kappa shape index (κ1) is 15.8. The molecule has 8 nitrogen and oxygen atoms in total. The summed E-state index contributed by atoms with van der Waals surface area (Å²) in [4.78, 5) is 18.7. The number of pyridine rings is 1. The minimum atomic E-state index is 0.512. The Morgan fingerprint density at radius 3 is 2.96 bits per heavy atom. The Bertz CT molecular complexity index is 1260. The van der Waals surface area contributed by atoms with E-state index in [-0.39, 0.29) is 0 Å². The molecule has 9 heteroatoms. The minimum absolute atomic E-state index is 0.512. The molecule has 5 rings (SSSR count). The second-order valence-electron chi connectivity index (χ2n) is 6.08. The molecule has 0 aliphatic carbocycles. The van der Waals surface area contributed by atoms with Gasteiger partial charge in [-0.05, 0) is 30.7 Å². The molecule has 0 unspecified atom stereocenters. The maximum Gasteiger partial charge on any atom is 0.221 e. The van der Waals surface area contributed by atoms with E-state index >= 15 is 0 Å². The first-order valence-corrected chi connectivity index (χ1v) is 9.16. The lowest BCUT2D eigenvalue weighted by atomic mass is 10.1. The number of nitrogens with zero attached hydrogens (tertiary/aromatic N) is 7. The average Bonchev–Trinajstić information content (AvgIpc) is 3.28. The molecule has 4 aromatic heterocycles. The zero-order valence-electron chi connectivity index (χ0n) is 14.4. The molecule has 27 heavy (non-hydrogen) atoms. The lowest BCUT2D eigenvalue weighted by Gasteiger charge is -2.05. The maximum atomic E-state index is 4.62. The molecule has 0 aliphatic rings. The summed E-state index contributed by atoms with van der Waals surface area (Å²) in [5.74, 6) is 0.614. The fourth-order valence-corrected chi connectivity index (χ4v) is 3.51. The maximum absolute atomic E-state index is 4.62. The Morgan fingerprint density at radius 2 is 2.07 bits per heavy atom. The van der Waals surface area contributed by atoms with Gasteiger partial charge >= 0.3 is 0 Å². The van der Waals surface area contributed by atoms with Crippen LogP contribution in [0.2, 0.25) is 0 Å². The molecule has 132 valence electrons. The van der Waals surface area contributed by atoms with Gasteiger partial charge in [0.25, 0.3) is 0 Å². The first-order valence-electron chi connectivity index (χ1n) is 8.34. The summed E-state index contributed by atoms with van der Waals surface area (Å²) < 4.78 is 1.75. The zero-order valence-corrected chi connectivity index (χ0v) is 15.2. The van der Waals surface area contributed by atoms with E-state index < -0.39 is 0 Å². The highest BCUT2D eigenvalue weighted by atomic mass is 32.1. The van der Waals surface area contributed by atoms with Crippen molar-refractivity contribution in [3.63, 3.8) is 0 Å². The van der Waals surface area contributed by atoms with Crippen LogP contribution < -0.4 is 5.32 Å². The highest BCUT2D eigenvalue weighted by Gasteiger charge is 2.10. The first-order chi connectivity index (χ1) is 13.2. The highest BCUT2D eigenvalue weighted by molar-refractivity contribution is 7.15. The van der Waals surface area contributed by atoms with Crippen LogP contribution in [-0.2, 0) is 6.54 Å². The Balaban J connectivity index is 1.47. The second-order valence-corrected chi connectivity index (χ2v) is 7.32. The molecule has 0 radical (unpaired) electrons. The molecule has 0 amide bonds. The SMILES string of the molecule is Cc1cnc(Nc2cnc3nnn(Cc4ccc5ncccc5c4)c3n2)s1. The number of anilines is 2. The van der Waals surface area contributed by atoms with Gasteiger partial charge in [-0.1, -0.05) is 17.3 Å². The van der Waals surface area contributed by atoms with Crippen LogP contribution in [0.5, 0.6) is 0 Å². The van der Waals surface area contributed by atoms with Crippen LogP contribution in [0.15, 0.2) is 48.9 Å². The summed E-state index contributed by atoms with van der Waals surface area (Å²) in [5, 5.41) is 13.4. The minimum Gasteiger partial charge on any atom is -0.315 e. The van der Waals surface area contributed by atoms with E-state index in [4.69, 9.17) is 0 Å². The molecule has 0 atom stereocenters. The van der Waals surface area contributed by atoms with Crippen molar-refractivity contribution in [3.8, 4) is 0 Å². The number of aryl methyl sites for hydroxylation is 1. The lowest BCUT2D eigenvalue weighted by molar-refractivity contribution is 0.664. The Morgan fingerprint density at radius 1 is 1.11 bits per heavy atom. The summed E-state index contributed by atoms with van der Waals surface area (Å²) in [6.07, 6.45) is 5.25. The summed E-state index contributed by atoms with van der Waals surface area (Å²) >= 11 is 1.56. The van der Waals surface area contributed by atoms with Gasteiger partial charge in [0.05, 0.1) is 18.3 Å². The van der Waals surface area contributed by atoms with Crippen LogP contribution >= 0.6 is 11.3 Å². The third-order valence-corrected chi connectivity index (χ3v) is 4.91. The smallest absolute Gasteiger partial charge is 0.221 e. The van der Waals surface area contributed by atoms with Gasteiger partial charge in [-0.3, -0.25) is 4.98 Å². The number of hydrogen-bond donors (Lipinski definition) is 1. The van der Waals surface area contributed by atoms with Gasteiger partial charge in [-0.25, -0.2) is 19.6 Å². The summed E-state index contributed by atoms with van der Waals surface area (Å²) in [7, 11) is 0. The molecule has 4 heterocycles. The number of hydrogen-bond acceptors (Lipinski definition) is 8. The largest absolute Gasteiger partial charge is 0.315 e. The highest BCUT2D eigenvalue weighted by Crippen LogP contribution is 2.21. The van der Waals surface area contributed by atoms with Crippen LogP contribution in [0.1, 0.15) is 10.4 Å². The van der Waals surface area contributed by atoms with Crippen molar-refractivity contribution in [1.82, 2.24) is 34.9 Å². The molecule has 0 spiro atoms. The van der Waals surface area contributed by atoms with Gasteiger partial charge in [0.1, 0.15) is 0 Å². The van der Waals surface area contributed by atoms with Gasteiger partial charge in [0.2, 0.25) is 5.65 Å². The quantitative estimate of drug-likeness (QED) is 0.515. The number of benzene rings is 1. The van der Waals surface area contributed by atoms with E-state index in [1.54, 1.807) is 28.4 Å². The van der Waals surface area contributed by atoms with Gasteiger partial charge in [0, 0.05) is 22.7 Å². The number of fused-ring (bicyclic) bond motifs is 2. The van der Waals surface area contributed by atoms with Crippen molar-refractivity contribution in [2.75, 3.05) is 5.32 Å². The normalized spacial score (nSPS) is 11.3. The number of aromatic nitrogens is 7. The van der Waals surface area contributed by atoms with Crippen molar-refractivity contribution in [1.29, 1.82) is 0 Å². The van der Waals surface area contributed by atoms with Crippen LogP contribution in [0.3, 0.4) is 0 Å². The van der Waals surface area contributed by atoms with E-state index in [0.717, 1.165) is 26.5 Å². The van der Waals surface area contributed by atoms with Crippen LogP contribution in [-0.4, -0.2) is 34.9 Å². The number of rotatable bonds is 4. The Labute approximate surface area is 158 Å². The summed E-state index contributed by atoms with van der Waals surface area (Å²) in [6, 6.07) is 10.1. The fourth-order valence-electron chi connectivity index (χ4n) is 2.84. The predicted octanol–water partition coefficient (Wildman–Crippen LogP) is 3.33. The molecule has 1 N–H and O–H groups in total. The van der Waals surface area contributed by atoms with E-state index in [9.17, 15) is 0 Å². The number of thiazole rings is 1. The molecular weight excluding hydrogens is 360 g/mol. The molecule has 0 bridgehead atoms. The van der Waals surface area contributed by atoms with E-state index in [2.05, 4.69) is 41.6 Å².